The molecule has 17 heavy (non-hydrogen) atoms. The van der Waals surface area contributed by atoms with E-state index in [4.69, 9.17) is 10.4 Å². The van der Waals surface area contributed by atoms with E-state index in [2.05, 4.69) is 11.5 Å². The van der Waals surface area contributed by atoms with Gasteiger partial charge in [0.15, 0.2) is 0 Å². The summed E-state index contributed by atoms with van der Waals surface area (Å²) in [7, 11) is -2.09. The summed E-state index contributed by atoms with van der Waals surface area (Å²) in [4.78, 5) is 0. The van der Waals surface area contributed by atoms with Crippen LogP contribution in [0.1, 0.15) is 71.1 Å². The molecule has 0 aliphatic carbocycles. The van der Waals surface area contributed by atoms with E-state index in [-0.39, 0.29) is 0 Å². The van der Waals surface area contributed by atoms with Gasteiger partial charge >= 0.3 is 8.25 Å². The van der Waals surface area contributed by atoms with Crippen LogP contribution in [0.3, 0.4) is 0 Å². The van der Waals surface area contributed by atoms with Gasteiger partial charge in [0.05, 0.1) is 0 Å². The van der Waals surface area contributed by atoms with Crippen molar-refractivity contribution in [3.63, 3.8) is 0 Å². The van der Waals surface area contributed by atoms with Crippen LogP contribution in [0.2, 0.25) is 0 Å². The Balaban J connectivity index is 2.96. The Bertz CT molecular complexity index is 179. The number of hydrogen-bond acceptors (Lipinski definition) is 4. The summed E-state index contributed by atoms with van der Waals surface area (Å²) in [6, 6.07) is 0. The number of nitrogens with two attached hydrogens (primary N) is 1. The van der Waals surface area contributed by atoms with Crippen LogP contribution in [-0.4, -0.2) is 6.61 Å². The Morgan fingerprint density at radius 3 is 1.82 bits per heavy atom. The van der Waals surface area contributed by atoms with Crippen LogP contribution in [0.15, 0.2) is 0 Å². The molecule has 0 aliphatic rings. The largest absolute Gasteiger partial charge is 0.716 e. The molecule has 5 heteroatoms. The third-order valence-corrected chi connectivity index (χ3v) is 3.35. The summed E-state index contributed by atoms with van der Waals surface area (Å²) >= 11 is 0. The first kappa shape index (κ1) is 17.0. The van der Waals surface area contributed by atoms with Gasteiger partial charge in [0, 0.05) is 4.57 Å². The predicted molar refractivity (Wildman–Crippen MR) is 70.7 cm³/mol. The van der Waals surface area contributed by atoms with Crippen molar-refractivity contribution in [1.29, 1.82) is 0 Å². The third kappa shape index (κ3) is 13.9. The number of hydrogen-bond donors (Lipinski definition) is 1. The lowest BCUT2D eigenvalue weighted by Gasteiger charge is -2.00. The Labute approximate surface area is 106 Å². The van der Waals surface area contributed by atoms with E-state index in [1.54, 1.807) is 0 Å². The number of rotatable bonds is 13. The smallest absolute Gasteiger partial charge is 0.162 e. The van der Waals surface area contributed by atoms with Crippen molar-refractivity contribution in [2.24, 2.45) is 5.90 Å². The second-order valence-electron chi connectivity index (χ2n) is 4.34. The normalized spacial score (nSPS) is 11.8. The van der Waals surface area contributed by atoms with Crippen LogP contribution in [0.4, 0.5) is 0 Å². The van der Waals surface area contributed by atoms with Gasteiger partial charge in [-0.1, -0.05) is 64.7 Å². The quantitative estimate of drug-likeness (QED) is 0.303. The Morgan fingerprint density at radius 2 is 1.35 bits per heavy atom. The molecule has 0 aromatic heterocycles. The summed E-state index contributed by atoms with van der Waals surface area (Å²) in [5.74, 6) is 4.69. The summed E-state index contributed by atoms with van der Waals surface area (Å²) < 4.78 is 19.5. The highest BCUT2D eigenvalue weighted by atomic mass is 31.1. The molecule has 0 aliphatic heterocycles. The lowest BCUT2D eigenvalue weighted by atomic mass is 10.1. The molecule has 1 unspecified atom stereocenters. The minimum Gasteiger partial charge on any atom is -0.162 e. The third-order valence-electron chi connectivity index (χ3n) is 2.78. The molecule has 0 bridgehead atoms. The van der Waals surface area contributed by atoms with Crippen molar-refractivity contribution < 1.29 is 13.7 Å². The highest BCUT2D eigenvalue weighted by Gasteiger charge is 2.16. The van der Waals surface area contributed by atoms with E-state index in [0.717, 1.165) is 12.8 Å². The summed E-state index contributed by atoms with van der Waals surface area (Å²) in [6.07, 6.45) is 12.7. The fourth-order valence-electron chi connectivity index (χ4n) is 1.76. The van der Waals surface area contributed by atoms with Gasteiger partial charge < -0.3 is 0 Å². The molecule has 0 amide bonds. The van der Waals surface area contributed by atoms with Gasteiger partial charge in [-0.25, -0.2) is 0 Å². The minimum absolute atomic E-state index is 0.475. The van der Waals surface area contributed by atoms with Crippen molar-refractivity contribution in [2.45, 2.75) is 71.1 Å². The van der Waals surface area contributed by atoms with Crippen molar-refractivity contribution in [1.82, 2.24) is 0 Å². The van der Waals surface area contributed by atoms with Crippen LogP contribution >= 0.6 is 8.25 Å². The molecule has 102 valence electrons. The van der Waals surface area contributed by atoms with Crippen molar-refractivity contribution in [3.8, 4) is 0 Å². The first-order chi connectivity index (χ1) is 8.31. The molecule has 0 spiro atoms. The minimum atomic E-state index is -2.09. The lowest BCUT2D eigenvalue weighted by Crippen LogP contribution is -1.93. The van der Waals surface area contributed by atoms with Gasteiger partial charge in [-0.15, -0.1) is 4.52 Å². The molecule has 0 radical (unpaired) electrons. The maximum atomic E-state index is 10.7. The van der Waals surface area contributed by atoms with Gasteiger partial charge in [-0.05, 0) is 11.0 Å². The molecule has 0 aromatic rings. The van der Waals surface area contributed by atoms with Gasteiger partial charge in [0.2, 0.25) is 0 Å². The topological polar surface area (TPSA) is 61.5 Å². The fourth-order valence-corrected chi connectivity index (χ4v) is 2.10. The average Bonchev–Trinajstić information content (AvgIpc) is 2.35. The second-order valence-corrected chi connectivity index (χ2v) is 5.26. The second kappa shape index (κ2) is 14.0. The van der Waals surface area contributed by atoms with Crippen molar-refractivity contribution in [3.05, 3.63) is 0 Å². The van der Waals surface area contributed by atoms with Gasteiger partial charge in [-0.3, -0.25) is 0 Å². The molecule has 0 heterocycles. The molecular weight excluding hydrogens is 237 g/mol. The first-order valence-electron chi connectivity index (χ1n) is 6.78. The summed E-state index contributed by atoms with van der Waals surface area (Å²) in [6.45, 7) is 2.72. The van der Waals surface area contributed by atoms with E-state index < -0.39 is 8.25 Å². The zero-order valence-electron chi connectivity index (χ0n) is 11.0. The Kier molecular flexibility index (Phi) is 14.0. The van der Waals surface area contributed by atoms with Gasteiger partial charge in [-0.2, -0.15) is 5.90 Å². The maximum absolute atomic E-state index is 10.7. The van der Waals surface area contributed by atoms with Gasteiger partial charge in [0.25, 0.3) is 0 Å². The molecular formula is C12H27NO3P+. The monoisotopic (exact) mass is 264 g/mol. The zero-order chi connectivity index (χ0) is 12.8. The van der Waals surface area contributed by atoms with E-state index >= 15 is 0 Å². The lowest BCUT2D eigenvalue weighted by molar-refractivity contribution is 0.225. The molecule has 0 saturated carbocycles. The van der Waals surface area contributed by atoms with Crippen LogP contribution < -0.4 is 5.90 Å². The van der Waals surface area contributed by atoms with Crippen molar-refractivity contribution in [2.75, 3.05) is 6.61 Å². The molecule has 4 nitrogen and oxygen atoms in total. The highest BCUT2D eigenvalue weighted by Crippen LogP contribution is 2.20. The Morgan fingerprint density at radius 1 is 0.882 bits per heavy atom. The fraction of sp³-hybridized carbons (Fsp3) is 1.00. The van der Waals surface area contributed by atoms with Crippen LogP contribution in [0, 0.1) is 0 Å². The molecule has 0 aromatic carbocycles. The molecule has 0 rings (SSSR count). The summed E-state index contributed by atoms with van der Waals surface area (Å²) in [5, 5.41) is 0. The summed E-state index contributed by atoms with van der Waals surface area (Å²) in [5.41, 5.74) is 0. The highest BCUT2D eigenvalue weighted by molar-refractivity contribution is 7.33. The molecule has 1 atom stereocenters. The standard InChI is InChI=1S/C12H27NO3P/c1-2-3-4-5-6-7-8-9-10-11-12-15-17(14)16-13/h2-13H2,1H3/q+1. The van der Waals surface area contributed by atoms with E-state index in [1.165, 1.54) is 51.4 Å². The maximum Gasteiger partial charge on any atom is 0.716 e. The zero-order valence-corrected chi connectivity index (χ0v) is 11.9. The van der Waals surface area contributed by atoms with E-state index in [1.807, 2.05) is 0 Å². The SMILES string of the molecule is CCCCCCCCCCCCO[P+](=O)ON. The van der Waals surface area contributed by atoms with Gasteiger partial charge in [0.1, 0.15) is 6.61 Å². The molecule has 0 fully saturated rings. The molecule has 0 saturated heterocycles. The average molecular weight is 264 g/mol. The van der Waals surface area contributed by atoms with Crippen molar-refractivity contribution >= 4 is 8.25 Å². The molecule has 2 N–H and O–H groups in total. The van der Waals surface area contributed by atoms with E-state index in [9.17, 15) is 4.57 Å². The first-order valence-corrected chi connectivity index (χ1v) is 7.87. The Hall–Kier alpha value is -0.0200. The predicted octanol–water partition coefficient (Wildman–Crippen LogP) is 4.47. The van der Waals surface area contributed by atoms with Crippen LogP contribution in [0.5, 0.6) is 0 Å². The van der Waals surface area contributed by atoms with E-state index in [0.29, 0.717) is 6.61 Å². The number of unbranched alkanes of at least 4 members (excludes halogenated alkanes) is 9. The van der Waals surface area contributed by atoms with Crippen LogP contribution in [0.25, 0.3) is 0 Å². The van der Waals surface area contributed by atoms with Crippen LogP contribution in [-0.2, 0) is 13.7 Å².